The van der Waals surface area contributed by atoms with Crippen molar-refractivity contribution in [3.8, 4) is 5.75 Å². The first-order chi connectivity index (χ1) is 15.2. The highest BCUT2D eigenvalue weighted by Crippen LogP contribution is 2.31. The van der Waals surface area contributed by atoms with Crippen LogP contribution in [-0.4, -0.2) is 30.0 Å². The molecule has 1 atom stereocenters. The predicted octanol–water partition coefficient (Wildman–Crippen LogP) is 4.95. The monoisotopic (exact) mass is 414 g/mol. The molecule has 31 heavy (non-hydrogen) atoms. The highest BCUT2D eigenvalue weighted by Gasteiger charge is 2.35. The van der Waals surface area contributed by atoms with Crippen molar-refractivity contribution in [2.75, 3.05) is 7.11 Å². The lowest BCUT2D eigenvalue weighted by atomic mass is 9.98. The number of nitrogens with zero attached hydrogens (tertiary/aromatic N) is 1. The van der Waals surface area contributed by atoms with Gasteiger partial charge in [-0.2, -0.15) is 0 Å². The minimum absolute atomic E-state index is 0.0538. The van der Waals surface area contributed by atoms with Gasteiger partial charge >= 0.3 is 0 Å². The van der Waals surface area contributed by atoms with Crippen LogP contribution < -0.4 is 10.1 Å². The molecule has 0 bridgehead atoms. The smallest absolute Gasteiger partial charge is 0.237 e. The van der Waals surface area contributed by atoms with Crippen LogP contribution in [-0.2, 0) is 11.3 Å². The van der Waals surface area contributed by atoms with Crippen LogP contribution in [0, 0.1) is 0 Å². The lowest BCUT2D eigenvalue weighted by Crippen LogP contribution is -2.47. The second kappa shape index (κ2) is 9.80. The summed E-state index contributed by atoms with van der Waals surface area (Å²) in [5.74, 6) is 0.902. The molecule has 4 rings (SSSR count). The zero-order chi connectivity index (χ0) is 21.6. The molecule has 4 heteroatoms. The van der Waals surface area contributed by atoms with Gasteiger partial charge in [-0.25, -0.2) is 0 Å². The molecule has 0 saturated heterocycles. The van der Waals surface area contributed by atoms with Gasteiger partial charge in [0.05, 0.1) is 19.2 Å². The van der Waals surface area contributed by atoms with Crippen LogP contribution in [0.2, 0.25) is 0 Å². The SMILES string of the molecule is COc1ccc(CN(C2CC2)[C@H](C)C(=O)NC(c2ccccc2)c2ccccc2)cc1. The molecule has 0 spiro atoms. The molecule has 1 aliphatic carbocycles. The van der Waals surface area contributed by atoms with Crippen molar-refractivity contribution in [1.29, 1.82) is 0 Å². The summed E-state index contributed by atoms with van der Waals surface area (Å²) >= 11 is 0. The number of methoxy groups -OCH3 is 1. The number of amides is 1. The lowest BCUT2D eigenvalue weighted by Gasteiger charge is -2.30. The van der Waals surface area contributed by atoms with Gasteiger partial charge in [0, 0.05) is 12.6 Å². The molecule has 1 fully saturated rings. The van der Waals surface area contributed by atoms with E-state index < -0.39 is 0 Å². The van der Waals surface area contributed by atoms with Crippen molar-refractivity contribution in [1.82, 2.24) is 10.2 Å². The summed E-state index contributed by atoms with van der Waals surface area (Å²) < 4.78 is 5.27. The van der Waals surface area contributed by atoms with Gasteiger partial charge in [-0.15, -0.1) is 0 Å². The summed E-state index contributed by atoms with van der Waals surface area (Å²) in [4.78, 5) is 15.7. The number of carbonyl (C=O) groups excluding carboxylic acids is 1. The fraction of sp³-hybridized carbons (Fsp3) is 0.296. The first-order valence-electron chi connectivity index (χ1n) is 10.9. The zero-order valence-corrected chi connectivity index (χ0v) is 18.2. The fourth-order valence-electron chi connectivity index (χ4n) is 3.99. The lowest BCUT2D eigenvalue weighted by molar-refractivity contribution is -0.126. The minimum atomic E-state index is -0.218. The highest BCUT2D eigenvalue weighted by molar-refractivity contribution is 5.82. The van der Waals surface area contributed by atoms with Crippen LogP contribution in [0.1, 0.15) is 42.5 Å². The summed E-state index contributed by atoms with van der Waals surface area (Å²) in [7, 11) is 1.67. The first kappa shape index (κ1) is 21.1. The van der Waals surface area contributed by atoms with E-state index in [1.165, 1.54) is 5.56 Å². The van der Waals surface area contributed by atoms with Crippen LogP contribution in [0.4, 0.5) is 0 Å². The molecule has 1 N–H and O–H groups in total. The summed E-state index contributed by atoms with van der Waals surface area (Å²) in [5.41, 5.74) is 3.36. The van der Waals surface area contributed by atoms with E-state index in [9.17, 15) is 4.79 Å². The van der Waals surface area contributed by atoms with Gasteiger partial charge in [0.1, 0.15) is 5.75 Å². The van der Waals surface area contributed by atoms with E-state index in [0.717, 1.165) is 36.3 Å². The summed E-state index contributed by atoms with van der Waals surface area (Å²) in [6.45, 7) is 2.77. The number of rotatable bonds is 9. The van der Waals surface area contributed by atoms with Gasteiger partial charge in [-0.05, 0) is 48.6 Å². The topological polar surface area (TPSA) is 41.6 Å². The predicted molar refractivity (Wildman–Crippen MR) is 124 cm³/mol. The van der Waals surface area contributed by atoms with Gasteiger partial charge in [0.25, 0.3) is 0 Å². The molecule has 1 aliphatic rings. The normalized spacial score (nSPS) is 14.5. The van der Waals surface area contributed by atoms with Gasteiger partial charge in [-0.3, -0.25) is 9.69 Å². The quantitative estimate of drug-likeness (QED) is 0.538. The molecule has 0 aromatic heterocycles. The van der Waals surface area contributed by atoms with Crippen LogP contribution in [0.3, 0.4) is 0 Å². The maximum absolute atomic E-state index is 13.4. The average Bonchev–Trinajstić information content (AvgIpc) is 3.67. The van der Waals surface area contributed by atoms with Crippen LogP contribution >= 0.6 is 0 Å². The zero-order valence-electron chi connectivity index (χ0n) is 18.2. The van der Waals surface area contributed by atoms with Crippen molar-refractivity contribution >= 4 is 5.91 Å². The summed E-state index contributed by atoms with van der Waals surface area (Å²) in [6, 6.07) is 28.5. The Hall–Kier alpha value is -3.11. The Bertz CT molecular complexity index is 930. The molecule has 160 valence electrons. The van der Waals surface area contributed by atoms with Gasteiger partial charge < -0.3 is 10.1 Å². The van der Waals surface area contributed by atoms with E-state index in [2.05, 4.69) is 46.6 Å². The number of ether oxygens (including phenoxy) is 1. The van der Waals surface area contributed by atoms with Crippen LogP contribution in [0.15, 0.2) is 84.9 Å². The van der Waals surface area contributed by atoms with E-state index in [1.807, 2.05) is 55.5 Å². The van der Waals surface area contributed by atoms with Gasteiger partial charge in [0.2, 0.25) is 5.91 Å². The average molecular weight is 415 g/mol. The third kappa shape index (κ3) is 5.33. The van der Waals surface area contributed by atoms with Crippen molar-refractivity contribution in [2.45, 2.75) is 44.4 Å². The number of hydrogen-bond donors (Lipinski definition) is 1. The second-order valence-electron chi connectivity index (χ2n) is 8.19. The van der Waals surface area contributed by atoms with E-state index in [0.29, 0.717) is 6.04 Å². The number of benzene rings is 3. The molecule has 0 radical (unpaired) electrons. The van der Waals surface area contributed by atoms with E-state index in [1.54, 1.807) is 7.11 Å². The maximum atomic E-state index is 13.4. The molecule has 0 heterocycles. The first-order valence-corrected chi connectivity index (χ1v) is 10.9. The minimum Gasteiger partial charge on any atom is -0.497 e. The number of carbonyl (C=O) groups is 1. The fourth-order valence-corrected chi connectivity index (χ4v) is 3.99. The number of hydrogen-bond acceptors (Lipinski definition) is 3. The standard InChI is InChI=1S/C27H30N2O2/c1-20(29(24-15-16-24)19-21-13-17-25(31-2)18-14-21)27(30)28-26(22-9-5-3-6-10-22)23-11-7-4-8-12-23/h3-14,17-18,20,24,26H,15-16,19H2,1-2H3,(H,28,30)/t20-/m1/s1. The van der Waals surface area contributed by atoms with Crippen molar-refractivity contribution in [2.24, 2.45) is 0 Å². The Morgan fingerprint density at radius 1 is 0.935 bits per heavy atom. The third-order valence-electron chi connectivity index (χ3n) is 5.97. The Labute approximate surface area is 184 Å². The second-order valence-corrected chi connectivity index (χ2v) is 8.19. The highest BCUT2D eigenvalue weighted by atomic mass is 16.5. The van der Waals surface area contributed by atoms with Crippen molar-refractivity contribution < 1.29 is 9.53 Å². The Morgan fingerprint density at radius 3 is 1.97 bits per heavy atom. The largest absolute Gasteiger partial charge is 0.497 e. The van der Waals surface area contributed by atoms with Gasteiger partial charge in [0.15, 0.2) is 0 Å². The molecule has 0 unspecified atom stereocenters. The van der Waals surface area contributed by atoms with Crippen LogP contribution in [0.25, 0.3) is 0 Å². The Morgan fingerprint density at radius 2 is 1.48 bits per heavy atom. The molecular weight excluding hydrogens is 384 g/mol. The maximum Gasteiger partial charge on any atom is 0.237 e. The van der Waals surface area contributed by atoms with Crippen molar-refractivity contribution in [3.05, 3.63) is 102 Å². The molecular formula is C27H30N2O2. The molecule has 4 nitrogen and oxygen atoms in total. The van der Waals surface area contributed by atoms with Crippen LogP contribution in [0.5, 0.6) is 5.75 Å². The summed E-state index contributed by atoms with van der Waals surface area (Å²) in [5, 5.41) is 3.32. The van der Waals surface area contributed by atoms with Gasteiger partial charge in [-0.1, -0.05) is 72.8 Å². The van der Waals surface area contributed by atoms with E-state index >= 15 is 0 Å². The molecule has 1 amide bonds. The van der Waals surface area contributed by atoms with E-state index in [-0.39, 0.29) is 18.0 Å². The van der Waals surface area contributed by atoms with E-state index in [4.69, 9.17) is 4.74 Å². The third-order valence-corrected chi connectivity index (χ3v) is 5.97. The molecule has 3 aromatic rings. The Balaban J connectivity index is 1.51. The molecule has 3 aromatic carbocycles. The Kier molecular flexibility index (Phi) is 6.68. The van der Waals surface area contributed by atoms with Crippen molar-refractivity contribution in [3.63, 3.8) is 0 Å². The molecule has 0 aliphatic heterocycles. The molecule has 1 saturated carbocycles. The summed E-state index contributed by atoms with van der Waals surface area (Å²) in [6.07, 6.45) is 2.29. The number of nitrogens with one attached hydrogen (secondary N) is 1.